The smallest absolute Gasteiger partial charge is 0.311 e. The number of amides is 2. The third-order valence-corrected chi connectivity index (χ3v) is 4.63. The van der Waals surface area contributed by atoms with Crippen molar-refractivity contribution in [3.8, 4) is 11.5 Å². The normalized spacial score (nSPS) is 15.6. The van der Waals surface area contributed by atoms with Crippen LogP contribution in [0.1, 0.15) is 13.3 Å². The Hall–Kier alpha value is -3.55. The molecule has 0 saturated carbocycles. The number of ether oxygens (including phenoxy) is 3. The molecule has 1 saturated heterocycles. The number of methoxy groups -OCH3 is 1. The third-order valence-electron chi connectivity index (χ3n) is 4.63. The van der Waals surface area contributed by atoms with Gasteiger partial charge in [0.25, 0.3) is 5.91 Å². The van der Waals surface area contributed by atoms with Gasteiger partial charge in [0.15, 0.2) is 6.61 Å². The van der Waals surface area contributed by atoms with Crippen molar-refractivity contribution in [1.82, 2.24) is 0 Å². The van der Waals surface area contributed by atoms with Gasteiger partial charge in [-0.1, -0.05) is 18.2 Å². The molecule has 1 N–H and O–H groups in total. The van der Waals surface area contributed by atoms with Crippen LogP contribution < -0.4 is 19.7 Å². The summed E-state index contributed by atoms with van der Waals surface area (Å²) in [6, 6.07) is 14.1. The van der Waals surface area contributed by atoms with Crippen molar-refractivity contribution in [2.45, 2.75) is 13.3 Å². The lowest BCUT2D eigenvalue weighted by molar-refractivity contribution is -0.151. The van der Waals surface area contributed by atoms with E-state index in [-0.39, 0.29) is 18.9 Å². The zero-order chi connectivity index (χ0) is 21.5. The first-order valence-corrected chi connectivity index (χ1v) is 9.64. The Labute approximate surface area is 174 Å². The maximum atomic E-state index is 12.4. The molecule has 1 aliphatic rings. The van der Waals surface area contributed by atoms with Crippen LogP contribution in [0, 0.1) is 5.92 Å². The summed E-state index contributed by atoms with van der Waals surface area (Å²) in [5.41, 5.74) is 1.15. The lowest BCUT2D eigenvalue weighted by Crippen LogP contribution is -2.28. The van der Waals surface area contributed by atoms with Crippen LogP contribution in [0.15, 0.2) is 48.5 Å². The second-order valence-corrected chi connectivity index (χ2v) is 6.69. The van der Waals surface area contributed by atoms with Gasteiger partial charge in [-0.3, -0.25) is 14.4 Å². The molecule has 0 bridgehead atoms. The average molecular weight is 412 g/mol. The molecule has 3 rings (SSSR count). The number of hydrogen-bond acceptors (Lipinski definition) is 6. The van der Waals surface area contributed by atoms with E-state index in [9.17, 15) is 14.4 Å². The molecule has 2 amide bonds. The van der Waals surface area contributed by atoms with E-state index >= 15 is 0 Å². The quantitative estimate of drug-likeness (QED) is 0.670. The summed E-state index contributed by atoms with van der Waals surface area (Å²) in [7, 11) is 1.54. The number of carbonyl (C=O) groups is 3. The van der Waals surface area contributed by atoms with Crippen molar-refractivity contribution < 1.29 is 28.6 Å². The van der Waals surface area contributed by atoms with Crippen molar-refractivity contribution in [2.75, 3.05) is 37.1 Å². The summed E-state index contributed by atoms with van der Waals surface area (Å²) < 4.78 is 15.8. The topological polar surface area (TPSA) is 94.2 Å². The maximum Gasteiger partial charge on any atom is 0.311 e. The molecule has 158 valence electrons. The summed E-state index contributed by atoms with van der Waals surface area (Å²) in [5.74, 6) is -0.718. The minimum Gasteiger partial charge on any atom is -0.497 e. The van der Waals surface area contributed by atoms with Crippen LogP contribution in [0.4, 0.5) is 11.4 Å². The fourth-order valence-electron chi connectivity index (χ4n) is 3.19. The van der Waals surface area contributed by atoms with E-state index in [1.54, 1.807) is 55.6 Å². The van der Waals surface area contributed by atoms with Gasteiger partial charge in [-0.15, -0.1) is 0 Å². The third kappa shape index (κ3) is 5.08. The average Bonchev–Trinajstić information content (AvgIpc) is 3.15. The molecule has 0 radical (unpaired) electrons. The minimum absolute atomic E-state index is 0.0326. The Bertz CT molecular complexity index is 929. The first-order chi connectivity index (χ1) is 14.5. The molecule has 2 aromatic carbocycles. The molecule has 0 aliphatic carbocycles. The van der Waals surface area contributed by atoms with E-state index in [4.69, 9.17) is 14.2 Å². The molecule has 8 nitrogen and oxygen atoms in total. The van der Waals surface area contributed by atoms with Crippen LogP contribution in [0.25, 0.3) is 0 Å². The highest BCUT2D eigenvalue weighted by Crippen LogP contribution is 2.28. The Morgan fingerprint density at radius 2 is 1.97 bits per heavy atom. The highest BCUT2D eigenvalue weighted by molar-refractivity contribution is 6.00. The summed E-state index contributed by atoms with van der Waals surface area (Å²) in [5, 5.41) is 2.66. The standard InChI is InChI=1S/C22H24N2O6/c1-3-29-19-10-5-4-9-18(19)23-20(25)14-30-22(27)15-11-21(26)24(13-15)16-7-6-8-17(12-16)28-2/h4-10,12,15H,3,11,13-14H2,1-2H3,(H,23,25)/t15-/m0/s1. The number of hydrogen-bond donors (Lipinski definition) is 1. The van der Waals surface area contributed by atoms with Gasteiger partial charge in [-0.25, -0.2) is 0 Å². The van der Waals surface area contributed by atoms with Gasteiger partial charge in [0.2, 0.25) is 5.91 Å². The fraction of sp³-hybridized carbons (Fsp3) is 0.318. The Morgan fingerprint density at radius 3 is 2.73 bits per heavy atom. The number of carbonyl (C=O) groups excluding carboxylic acids is 3. The van der Waals surface area contributed by atoms with Gasteiger partial charge in [0.05, 0.1) is 25.3 Å². The van der Waals surface area contributed by atoms with Crippen LogP contribution in [0.3, 0.4) is 0 Å². The summed E-state index contributed by atoms with van der Waals surface area (Å²) in [6.45, 7) is 2.06. The number of anilines is 2. The number of esters is 1. The molecule has 0 unspecified atom stereocenters. The summed E-state index contributed by atoms with van der Waals surface area (Å²) in [6.07, 6.45) is 0.0326. The van der Waals surface area contributed by atoms with Crippen LogP contribution in [-0.4, -0.2) is 44.7 Å². The molecule has 1 heterocycles. The Morgan fingerprint density at radius 1 is 1.17 bits per heavy atom. The lowest BCUT2D eigenvalue weighted by atomic mass is 10.1. The second kappa shape index (κ2) is 9.78. The van der Waals surface area contributed by atoms with Gasteiger partial charge >= 0.3 is 5.97 Å². The zero-order valence-electron chi connectivity index (χ0n) is 16.9. The van der Waals surface area contributed by atoms with Crippen molar-refractivity contribution >= 4 is 29.2 Å². The predicted molar refractivity (Wildman–Crippen MR) is 111 cm³/mol. The number of benzene rings is 2. The molecular formula is C22H24N2O6. The van der Waals surface area contributed by atoms with E-state index in [0.717, 1.165) is 0 Å². The molecule has 1 fully saturated rings. The van der Waals surface area contributed by atoms with Gasteiger partial charge in [-0.2, -0.15) is 0 Å². The maximum absolute atomic E-state index is 12.4. The van der Waals surface area contributed by atoms with Gasteiger partial charge < -0.3 is 24.4 Å². The van der Waals surface area contributed by atoms with Crippen LogP contribution in [0.5, 0.6) is 11.5 Å². The van der Waals surface area contributed by atoms with Crippen molar-refractivity contribution in [1.29, 1.82) is 0 Å². The second-order valence-electron chi connectivity index (χ2n) is 6.69. The van der Waals surface area contributed by atoms with Gasteiger partial charge in [0, 0.05) is 24.7 Å². The molecule has 30 heavy (non-hydrogen) atoms. The zero-order valence-corrected chi connectivity index (χ0v) is 16.9. The molecule has 0 spiro atoms. The molecule has 1 aliphatic heterocycles. The van der Waals surface area contributed by atoms with E-state index in [1.807, 2.05) is 6.92 Å². The first-order valence-electron chi connectivity index (χ1n) is 9.64. The molecular weight excluding hydrogens is 388 g/mol. The van der Waals surface area contributed by atoms with Gasteiger partial charge in [0.1, 0.15) is 11.5 Å². The van der Waals surface area contributed by atoms with E-state index in [2.05, 4.69) is 5.32 Å². The number of rotatable bonds is 8. The number of nitrogens with one attached hydrogen (secondary N) is 1. The van der Waals surface area contributed by atoms with Gasteiger partial charge in [-0.05, 0) is 31.2 Å². The Kier molecular flexibility index (Phi) is 6.90. The van der Waals surface area contributed by atoms with Crippen LogP contribution >= 0.6 is 0 Å². The molecule has 0 aromatic heterocycles. The van der Waals surface area contributed by atoms with Crippen LogP contribution in [-0.2, 0) is 19.1 Å². The van der Waals surface area contributed by atoms with Crippen molar-refractivity contribution in [2.24, 2.45) is 5.92 Å². The van der Waals surface area contributed by atoms with Crippen molar-refractivity contribution in [3.63, 3.8) is 0 Å². The Balaban J connectivity index is 1.54. The minimum atomic E-state index is -0.632. The monoisotopic (exact) mass is 412 g/mol. The summed E-state index contributed by atoms with van der Waals surface area (Å²) >= 11 is 0. The SMILES string of the molecule is CCOc1ccccc1NC(=O)COC(=O)[C@H]1CC(=O)N(c2cccc(OC)c2)C1. The molecule has 2 aromatic rings. The van der Waals surface area contributed by atoms with E-state index in [0.29, 0.717) is 29.5 Å². The number of nitrogens with zero attached hydrogens (tertiary/aromatic N) is 1. The number of para-hydroxylation sites is 2. The summed E-state index contributed by atoms with van der Waals surface area (Å²) in [4.78, 5) is 38.4. The van der Waals surface area contributed by atoms with Crippen LogP contribution in [0.2, 0.25) is 0 Å². The van der Waals surface area contributed by atoms with E-state index < -0.39 is 24.4 Å². The van der Waals surface area contributed by atoms with Crippen molar-refractivity contribution in [3.05, 3.63) is 48.5 Å². The largest absolute Gasteiger partial charge is 0.497 e. The first kappa shape index (κ1) is 21.2. The molecule has 8 heteroatoms. The highest BCUT2D eigenvalue weighted by Gasteiger charge is 2.36. The molecule has 1 atom stereocenters. The van der Waals surface area contributed by atoms with E-state index in [1.165, 1.54) is 4.90 Å². The fourth-order valence-corrected chi connectivity index (χ4v) is 3.19. The predicted octanol–water partition coefficient (Wildman–Crippen LogP) is 2.63. The lowest BCUT2D eigenvalue weighted by Gasteiger charge is -2.17. The highest BCUT2D eigenvalue weighted by atomic mass is 16.5.